The van der Waals surface area contributed by atoms with Crippen molar-refractivity contribution in [1.82, 2.24) is 10.3 Å². The van der Waals surface area contributed by atoms with Crippen LogP contribution in [0.15, 0.2) is 30.4 Å². The fraction of sp³-hybridized carbons (Fsp3) is 0.400. The van der Waals surface area contributed by atoms with E-state index in [1.54, 1.807) is 12.1 Å². The number of nitrogens with zero attached hydrogens (tertiary/aromatic N) is 2. The Morgan fingerprint density at radius 1 is 0.944 bits per heavy atom. The molecule has 2 heterocycles. The Hall–Kier alpha value is -0.700. The van der Waals surface area contributed by atoms with Crippen LogP contribution in [0, 0.1) is 0 Å². The summed E-state index contributed by atoms with van der Waals surface area (Å²) < 4.78 is 10.8. The molecule has 0 bridgehead atoms. The maximum Gasteiger partial charge on any atom is 0.166 e. The summed E-state index contributed by atoms with van der Waals surface area (Å²) in [5, 5.41) is 26.8. The molecule has 2 atom stereocenters. The average Bonchev–Trinajstić information content (AvgIpc) is 2.94. The summed E-state index contributed by atoms with van der Waals surface area (Å²) in [7, 11) is 0. The van der Waals surface area contributed by atoms with E-state index in [9.17, 15) is 10.2 Å². The number of rotatable bonds is 5. The lowest BCUT2D eigenvalue weighted by Crippen LogP contribution is -2.01. The highest BCUT2D eigenvalue weighted by Gasteiger charge is 2.18. The first kappa shape index (κ1) is 13.7. The first-order valence-corrected chi connectivity index (χ1v) is 6.75. The summed E-state index contributed by atoms with van der Waals surface area (Å²) >= 11 is 6.25. The van der Waals surface area contributed by atoms with Crippen LogP contribution in [0.2, 0.25) is 0 Å². The van der Waals surface area contributed by atoms with Crippen LogP contribution in [0.5, 0.6) is 0 Å². The molecule has 18 heavy (non-hydrogen) atoms. The fourth-order valence-corrected chi connectivity index (χ4v) is 2.04. The quantitative estimate of drug-likeness (QED) is 0.827. The molecular weight excluding hydrogens is 372 g/mol. The minimum absolute atomic E-state index is 0.321. The molecule has 0 spiro atoms. The number of aromatic nitrogens is 2. The molecule has 0 unspecified atom stereocenters. The molecule has 0 aromatic carbocycles. The minimum Gasteiger partial charge on any atom is -0.385 e. The van der Waals surface area contributed by atoms with Gasteiger partial charge in [-0.2, -0.15) is 0 Å². The van der Waals surface area contributed by atoms with Crippen molar-refractivity contribution < 1.29 is 19.3 Å². The first-order chi connectivity index (χ1) is 8.56. The Bertz CT molecular complexity index is 467. The largest absolute Gasteiger partial charge is 0.385 e. The van der Waals surface area contributed by atoms with Crippen molar-refractivity contribution in [2.45, 2.75) is 25.0 Å². The van der Waals surface area contributed by atoms with Gasteiger partial charge in [0.1, 0.15) is 21.4 Å². The second kappa shape index (κ2) is 5.96. The van der Waals surface area contributed by atoms with Crippen LogP contribution >= 0.6 is 31.9 Å². The van der Waals surface area contributed by atoms with Gasteiger partial charge < -0.3 is 19.3 Å². The lowest BCUT2D eigenvalue weighted by molar-refractivity contribution is 0.0828. The van der Waals surface area contributed by atoms with E-state index in [-0.39, 0.29) is 0 Å². The molecule has 0 aliphatic heterocycles. The maximum absolute atomic E-state index is 9.81. The SMILES string of the molecule is O[C@H](CC[C@H](O)c1cc(Br)no1)c1cc(Br)no1. The van der Waals surface area contributed by atoms with Crippen molar-refractivity contribution in [1.29, 1.82) is 0 Å². The van der Waals surface area contributed by atoms with Crippen LogP contribution in [0.3, 0.4) is 0 Å². The molecule has 2 aromatic heterocycles. The van der Waals surface area contributed by atoms with Crippen molar-refractivity contribution in [2.24, 2.45) is 0 Å². The third-order valence-electron chi connectivity index (χ3n) is 2.37. The van der Waals surface area contributed by atoms with Crippen LogP contribution in [0.25, 0.3) is 0 Å². The normalized spacial score (nSPS) is 14.7. The van der Waals surface area contributed by atoms with Gasteiger partial charge in [-0.25, -0.2) is 0 Å². The fourth-order valence-electron chi connectivity index (χ4n) is 1.45. The third kappa shape index (κ3) is 3.41. The average molecular weight is 382 g/mol. The number of hydrogen-bond donors (Lipinski definition) is 2. The van der Waals surface area contributed by atoms with Gasteiger partial charge in [0, 0.05) is 12.1 Å². The molecule has 2 aromatic rings. The lowest BCUT2D eigenvalue weighted by atomic mass is 10.1. The van der Waals surface area contributed by atoms with Gasteiger partial charge in [0.15, 0.2) is 11.5 Å². The van der Waals surface area contributed by atoms with Gasteiger partial charge >= 0.3 is 0 Å². The lowest BCUT2D eigenvalue weighted by Gasteiger charge is -2.09. The van der Waals surface area contributed by atoms with Gasteiger partial charge in [-0.15, -0.1) is 0 Å². The van der Waals surface area contributed by atoms with Gasteiger partial charge in [-0.05, 0) is 44.7 Å². The van der Waals surface area contributed by atoms with Gasteiger partial charge in [0.2, 0.25) is 0 Å². The third-order valence-corrected chi connectivity index (χ3v) is 3.12. The molecule has 0 aliphatic carbocycles. The Morgan fingerprint density at radius 2 is 1.33 bits per heavy atom. The van der Waals surface area contributed by atoms with Gasteiger partial charge in [0.25, 0.3) is 0 Å². The predicted molar refractivity (Wildman–Crippen MR) is 67.6 cm³/mol. The molecule has 0 aliphatic rings. The van der Waals surface area contributed by atoms with E-state index >= 15 is 0 Å². The molecule has 98 valence electrons. The first-order valence-electron chi connectivity index (χ1n) is 5.16. The van der Waals surface area contributed by atoms with E-state index in [1.807, 2.05) is 0 Å². The van der Waals surface area contributed by atoms with E-state index in [1.165, 1.54) is 0 Å². The number of aliphatic hydroxyl groups is 2. The standard InChI is InChI=1S/C10H10Br2N2O4/c11-9-3-7(17-13-9)5(15)1-2-6(16)8-4-10(12)14-18-8/h3-6,15-16H,1-2H2/t5-,6+. The molecule has 0 saturated carbocycles. The van der Waals surface area contributed by atoms with E-state index in [4.69, 9.17) is 9.05 Å². The monoisotopic (exact) mass is 380 g/mol. The maximum atomic E-state index is 9.81. The highest BCUT2D eigenvalue weighted by atomic mass is 79.9. The summed E-state index contributed by atoms with van der Waals surface area (Å²) in [5.74, 6) is 0.709. The molecule has 8 heteroatoms. The summed E-state index contributed by atoms with van der Waals surface area (Å²) in [6.45, 7) is 0. The van der Waals surface area contributed by atoms with Gasteiger partial charge in [-0.1, -0.05) is 10.3 Å². The number of aliphatic hydroxyl groups excluding tert-OH is 2. The van der Waals surface area contributed by atoms with Crippen LogP contribution in [-0.4, -0.2) is 20.5 Å². The van der Waals surface area contributed by atoms with Crippen LogP contribution in [0.4, 0.5) is 0 Å². The summed E-state index contributed by atoms with van der Waals surface area (Å²) in [5.41, 5.74) is 0. The van der Waals surface area contributed by atoms with Crippen molar-refractivity contribution in [3.63, 3.8) is 0 Å². The van der Waals surface area contributed by atoms with Crippen molar-refractivity contribution in [3.05, 3.63) is 32.9 Å². The molecular formula is C10H10Br2N2O4. The zero-order valence-electron chi connectivity index (χ0n) is 9.08. The Labute approximate surface area is 119 Å². The summed E-state index contributed by atoms with van der Waals surface area (Å²) in [4.78, 5) is 0. The highest BCUT2D eigenvalue weighted by Crippen LogP contribution is 2.27. The second-order valence-corrected chi connectivity index (χ2v) is 5.34. The number of hydrogen-bond acceptors (Lipinski definition) is 6. The van der Waals surface area contributed by atoms with E-state index in [0.717, 1.165) is 0 Å². The van der Waals surface area contributed by atoms with Crippen LogP contribution < -0.4 is 0 Å². The Kier molecular flexibility index (Phi) is 4.55. The Morgan fingerprint density at radius 3 is 1.61 bits per heavy atom. The molecule has 0 amide bonds. The van der Waals surface area contributed by atoms with E-state index in [0.29, 0.717) is 33.6 Å². The molecule has 2 rings (SSSR count). The van der Waals surface area contributed by atoms with Crippen LogP contribution in [0.1, 0.15) is 36.6 Å². The molecule has 0 saturated heterocycles. The zero-order valence-corrected chi connectivity index (χ0v) is 12.3. The van der Waals surface area contributed by atoms with Crippen LogP contribution in [-0.2, 0) is 0 Å². The smallest absolute Gasteiger partial charge is 0.166 e. The zero-order chi connectivity index (χ0) is 13.1. The van der Waals surface area contributed by atoms with Gasteiger partial charge in [-0.3, -0.25) is 0 Å². The minimum atomic E-state index is -0.815. The summed E-state index contributed by atoms with van der Waals surface area (Å²) in [6, 6.07) is 3.17. The highest BCUT2D eigenvalue weighted by molar-refractivity contribution is 9.10. The second-order valence-electron chi connectivity index (χ2n) is 3.71. The molecule has 6 nitrogen and oxygen atoms in total. The van der Waals surface area contributed by atoms with E-state index < -0.39 is 12.2 Å². The summed E-state index contributed by atoms with van der Waals surface area (Å²) in [6.07, 6.45) is -0.989. The molecule has 0 radical (unpaired) electrons. The Balaban J connectivity index is 1.88. The van der Waals surface area contributed by atoms with Crippen molar-refractivity contribution >= 4 is 31.9 Å². The van der Waals surface area contributed by atoms with Crippen molar-refractivity contribution in [2.75, 3.05) is 0 Å². The van der Waals surface area contributed by atoms with Gasteiger partial charge in [0.05, 0.1) is 0 Å². The number of halogens is 2. The van der Waals surface area contributed by atoms with Crippen molar-refractivity contribution in [3.8, 4) is 0 Å². The topological polar surface area (TPSA) is 92.5 Å². The van der Waals surface area contributed by atoms with E-state index in [2.05, 4.69) is 42.2 Å². The predicted octanol–water partition coefficient (Wildman–Crippen LogP) is 2.73. The molecule has 2 N–H and O–H groups in total. The molecule has 0 fully saturated rings.